The van der Waals surface area contributed by atoms with Crippen LogP contribution in [0.4, 0.5) is 5.69 Å². The second-order valence-electron chi connectivity index (χ2n) is 2.93. The van der Waals surface area contributed by atoms with Crippen molar-refractivity contribution in [2.75, 3.05) is 5.75 Å². The van der Waals surface area contributed by atoms with Crippen LogP contribution in [0.25, 0.3) is 0 Å². The number of hydrogen-bond acceptors (Lipinski definition) is 4. The summed E-state index contributed by atoms with van der Waals surface area (Å²) in [7, 11) is 0. The largest absolute Gasteiger partial charge is 0.343 e. The third-order valence-electron chi connectivity index (χ3n) is 1.80. The Morgan fingerprint density at radius 3 is 2.75 bits per heavy atom. The number of hydrogen-bond donors (Lipinski definition) is 1. The fraction of sp³-hybridized carbons (Fsp3) is 0.222. The molecule has 0 atom stereocenters. The van der Waals surface area contributed by atoms with Crippen LogP contribution in [0.15, 0.2) is 33.8 Å². The molecule has 0 aliphatic carbocycles. The van der Waals surface area contributed by atoms with Gasteiger partial charge in [-0.2, -0.15) is 12.6 Å². The molecule has 0 radical (unpaired) electrons. The second kappa shape index (κ2) is 5.86. The van der Waals surface area contributed by atoms with Crippen molar-refractivity contribution in [1.82, 2.24) is 4.57 Å². The van der Waals surface area contributed by atoms with Crippen molar-refractivity contribution >= 4 is 34.2 Å². The maximum Gasteiger partial charge on any atom is 0.333 e. The molecule has 0 amide bonds. The molecule has 1 aromatic rings. The Bertz CT molecular complexity index is 484. The lowest BCUT2D eigenvalue weighted by Crippen LogP contribution is -2.12. The first kappa shape index (κ1) is 13.0. The standard InChI is InChI=1S/C9H9BrN2O3S/c10-7-5-11(3-1-2-4-16)6-8(9(7)13)12(14)15/h1-2,5-6,16H,3-4H2/b2-1+. The molecular weight excluding hydrogens is 296 g/mol. The van der Waals surface area contributed by atoms with E-state index in [0.29, 0.717) is 12.3 Å². The number of rotatable bonds is 4. The lowest BCUT2D eigenvalue weighted by Gasteiger charge is -2.02. The molecule has 1 rings (SSSR count). The average molecular weight is 305 g/mol. The normalized spacial score (nSPS) is 10.9. The molecule has 0 aliphatic rings. The van der Waals surface area contributed by atoms with Crippen LogP contribution in [-0.4, -0.2) is 15.2 Å². The molecule has 1 aromatic heterocycles. The molecule has 7 heteroatoms. The smallest absolute Gasteiger partial charge is 0.333 e. The number of nitro groups is 1. The highest BCUT2D eigenvalue weighted by atomic mass is 79.9. The zero-order chi connectivity index (χ0) is 12.1. The fourth-order valence-corrected chi connectivity index (χ4v) is 1.70. The Morgan fingerprint density at radius 2 is 2.19 bits per heavy atom. The number of aromatic nitrogens is 1. The van der Waals surface area contributed by atoms with Crippen molar-refractivity contribution in [2.24, 2.45) is 0 Å². The summed E-state index contributed by atoms with van der Waals surface area (Å²) in [4.78, 5) is 21.3. The van der Waals surface area contributed by atoms with Crippen LogP contribution in [0.1, 0.15) is 0 Å². The zero-order valence-corrected chi connectivity index (χ0v) is 10.6. The van der Waals surface area contributed by atoms with Gasteiger partial charge >= 0.3 is 5.69 Å². The van der Waals surface area contributed by atoms with Crippen molar-refractivity contribution in [3.63, 3.8) is 0 Å². The predicted molar refractivity (Wildman–Crippen MR) is 68.0 cm³/mol. The van der Waals surface area contributed by atoms with E-state index >= 15 is 0 Å². The molecule has 0 bridgehead atoms. The lowest BCUT2D eigenvalue weighted by molar-refractivity contribution is -0.386. The molecule has 0 saturated heterocycles. The van der Waals surface area contributed by atoms with Crippen molar-refractivity contribution in [1.29, 1.82) is 0 Å². The van der Waals surface area contributed by atoms with Gasteiger partial charge in [0.15, 0.2) is 0 Å². The van der Waals surface area contributed by atoms with Crippen molar-refractivity contribution < 1.29 is 4.92 Å². The van der Waals surface area contributed by atoms with Gasteiger partial charge in [-0.05, 0) is 15.9 Å². The van der Waals surface area contributed by atoms with E-state index in [1.54, 1.807) is 4.57 Å². The van der Waals surface area contributed by atoms with Crippen LogP contribution >= 0.6 is 28.6 Å². The van der Waals surface area contributed by atoms with E-state index in [0.717, 1.165) is 0 Å². The van der Waals surface area contributed by atoms with Crippen LogP contribution in [0, 0.1) is 10.1 Å². The zero-order valence-electron chi connectivity index (χ0n) is 8.17. The summed E-state index contributed by atoms with van der Waals surface area (Å²) in [5.41, 5.74) is -1.05. The van der Waals surface area contributed by atoms with Gasteiger partial charge < -0.3 is 4.57 Å². The van der Waals surface area contributed by atoms with E-state index in [2.05, 4.69) is 28.6 Å². The highest BCUT2D eigenvalue weighted by Gasteiger charge is 2.15. The van der Waals surface area contributed by atoms with Crippen LogP contribution in [0.5, 0.6) is 0 Å². The van der Waals surface area contributed by atoms with Crippen LogP contribution < -0.4 is 5.43 Å². The van der Waals surface area contributed by atoms with Gasteiger partial charge in [-0.3, -0.25) is 14.9 Å². The summed E-state index contributed by atoms with van der Waals surface area (Å²) in [6, 6.07) is 0. The molecule has 0 aromatic carbocycles. The second-order valence-corrected chi connectivity index (χ2v) is 4.15. The van der Waals surface area contributed by atoms with Gasteiger partial charge in [-0.15, -0.1) is 0 Å². The quantitative estimate of drug-likeness (QED) is 0.400. The van der Waals surface area contributed by atoms with Gasteiger partial charge in [0, 0.05) is 18.5 Å². The summed E-state index contributed by atoms with van der Waals surface area (Å²) in [6.07, 6.45) is 6.36. The Kier molecular flexibility index (Phi) is 4.75. The summed E-state index contributed by atoms with van der Waals surface area (Å²) in [6.45, 7) is 0.459. The highest BCUT2D eigenvalue weighted by molar-refractivity contribution is 9.10. The molecule has 0 saturated carbocycles. The summed E-state index contributed by atoms with van der Waals surface area (Å²) < 4.78 is 1.74. The number of pyridine rings is 1. The molecule has 0 unspecified atom stereocenters. The van der Waals surface area contributed by atoms with Crippen molar-refractivity contribution in [3.8, 4) is 0 Å². The Balaban J connectivity index is 3.09. The maximum atomic E-state index is 11.4. The summed E-state index contributed by atoms with van der Waals surface area (Å²) >= 11 is 6.99. The van der Waals surface area contributed by atoms with E-state index in [1.165, 1.54) is 12.4 Å². The highest BCUT2D eigenvalue weighted by Crippen LogP contribution is 2.10. The molecule has 0 N–H and O–H groups in total. The Morgan fingerprint density at radius 1 is 1.50 bits per heavy atom. The van der Waals surface area contributed by atoms with E-state index < -0.39 is 16.0 Å². The minimum atomic E-state index is -0.689. The van der Waals surface area contributed by atoms with E-state index in [-0.39, 0.29) is 4.47 Å². The first-order chi connectivity index (χ1) is 7.56. The summed E-state index contributed by atoms with van der Waals surface area (Å²) in [5.74, 6) is 0.601. The van der Waals surface area contributed by atoms with Gasteiger partial charge in [-0.1, -0.05) is 12.2 Å². The first-order valence-electron chi connectivity index (χ1n) is 4.36. The number of nitrogens with zero attached hydrogens (tertiary/aromatic N) is 2. The van der Waals surface area contributed by atoms with Gasteiger partial charge in [0.2, 0.25) is 0 Å². The first-order valence-corrected chi connectivity index (χ1v) is 5.78. The molecule has 86 valence electrons. The van der Waals surface area contributed by atoms with Crippen molar-refractivity contribution in [2.45, 2.75) is 6.54 Å². The van der Waals surface area contributed by atoms with Crippen molar-refractivity contribution in [3.05, 3.63) is 49.4 Å². The van der Waals surface area contributed by atoms with Gasteiger partial charge in [0.05, 0.1) is 15.6 Å². The monoisotopic (exact) mass is 304 g/mol. The number of allylic oxidation sites excluding steroid dienone is 1. The van der Waals surface area contributed by atoms with E-state index in [9.17, 15) is 14.9 Å². The third-order valence-corrected chi connectivity index (χ3v) is 2.58. The number of thiol groups is 1. The lowest BCUT2D eigenvalue weighted by atomic mass is 10.4. The molecule has 16 heavy (non-hydrogen) atoms. The van der Waals surface area contributed by atoms with Gasteiger partial charge in [-0.25, -0.2) is 0 Å². The maximum absolute atomic E-state index is 11.4. The SMILES string of the molecule is O=c1c(Br)cn(C/C=C/CS)cc1[N+](=O)[O-]. The molecule has 0 aliphatic heterocycles. The summed E-state index contributed by atoms with van der Waals surface area (Å²) in [5, 5.41) is 10.6. The molecule has 0 fully saturated rings. The average Bonchev–Trinajstić information content (AvgIpc) is 2.23. The minimum absolute atomic E-state index is 0.181. The molecular formula is C9H9BrN2O3S. The van der Waals surface area contributed by atoms with Gasteiger partial charge in [0.25, 0.3) is 5.43 Å². The topological polar surface area (TPSA) is 65.1 Å². The molecule has 1 heterocycles. The number of halogens is 1. The van der Waals surface area contributed by atoms with Crippen LogP contribution in [-0.2, 0) is 6.54 Å². The third kappa shape index (κ3) is 3.21. The van der Waals surface area contributed by atoms with E-state index in [4.69, 9.17) is 0 Å². The Hall–Kier alpha value is -1.08. The predicted octanol–water partition coefficient (Wildman–Crippen LogP) is 2.00. The van der Waals surface area contributed by atoms with Crippen LogP contribution in [0.3, 0.4) is 0 Å². The minimum Gasteiger partial charge on any atom is -0.343 e. The molecule has 0 spiro atoms. The van der Waals surface area contributed by atoms with Gasteiger partial charge in [0.1, 0.15) is 0 Å². The van der Waals surface area contributed by atoms with Crippen LogP contribution in [0.2, 0.25) is 0 Å². The molecule has 5 nitrogen and oxygen atoms in total. The van der Waals surface area contributed by atoms with E-state index in [1.807, 2.05) is 12.2 Å². The Labute approximate surface area is 105 Å². The fourth-order valence-electron chi connectivity index (χ4n) is 1.09.